The molecule has 2 aliphatic carbocycles. The van der Waals surface area contributed by atoms with Gasteiger partial charge in [0, 0.05) is 13.1 Å². The summed E-state index contributed by atoms with van der Waals surface area (Å²) in [6, 6.07) is 8.42. The summed E-state index contributed by atoms with van der Waals surface area (Å²) in [4.78, 5) is 24.8. The van der Waals surface area contributed by atoms with Gasteiger partial charge in [-0.1, -0.05) is 24.3 Å². The molecule has 0 radical (unpaired) electrons. The highest BCUT2D eigenvalue weighted by atomic mass is 16.4. The first-order valence-corrected chi connectivity index (χ1v) is 6.64. The highest BCUT2D eigenvalue weighted by Crippen LogP contribution is 2.40. The number of benzene rings is 1. The van der Waals surface area contributed by atoms with Crippen molar-refractivity contribution in [2.75, 3.05) is 7.05 Å². The molecule has 0 aliphatic heterocycles. The summed E-state index contributed by atoms with van der Waals surface area (Å²) in [5.74, 6) is -1.61. The molecule has 0 bridgehead atoms. The summed E-state index contributed by atoms with van der Waals surface area (Å²) in [6.45, 7) is 0. The highest BCUT2D eigenvalue weighted by Gasteiger charge is 2.50. The van der Waals surface area contributed by atoms with Crippen LogP contribution in [-0.4, -0.2) is 35.0 Å². The molecule has 0 spiro atoms. The zero-order valence-electron chi connectivity index (χ0n) is 10.9. The van der Waals surface area contributed by atoms with Crippen molar-refractivity contribution < 1.29 is 14.7 Å². The Hall–Kier alpha value is -1.84. The molecule has 1 fully saturated rings. The van der Waals surface area contributed by atoms with Crippen LogP contribution in [0.3, 0.4) is 0 Å². The predicted molar refractivity (Wildman–Crippen MR) is 69.6 cm³/mol. The van der Waals surface area contributed by atoms with Crippen LogP contribution in [0.5, 0.6) is 0 Å². The fourth-order valence-corrected chi connectivity index (χ4v) is 2.99. The van der Waals surface area contributed by atoms with Gasteiger partial charge in [0.15, 0.2) is 0 Å². The third-order valence-corrected chi connectivity index (χ3v) is 4.35. The maximum absolute atomic E-state index is 12.2. The van der Waals surface area contributed by atoms with E-state index >= 15 is 0 Å². The first-order chi connectivity index (χ1) is 9.08. The van der Waals surface area contributed by atoms with Crippen LogP contribution in [0, 0.1) is 11.8 Å². The molecule has 2 aliphatic rings. The smallest absolute Gasteiger partial charge is 0.307 e. The van der Waals surface area contributed by atoms with Crippen LogP contribution in [0.15, 0.2) is 24.3 Å². The fraction of sp³-hybridized carbons (Fsp3) is 0.467. The van der Waals surface area contributed by atoms with E-state index in [-0.39, 0.29) is 17.9 Å². The second kappa shape index (κ2) is 4.37. The minimum atomic E-state index is -0.846. The number of hydrogen-bond donors (Lipinski definition) is 1. The topological polar surface area (TPSA) is 57.6 Å². The molecule has 1 saturated carbocycles. The minimum Gasteiger partial charge on any atom is -0.481 e. The normalized spacial score (nSPS) is 24.9. The van der Waals surface area contributed by atoms with Crippen molar-refractivity contribution in [3.63, 3.8) is 0 Å². The first-order valence-electron chi connectivity index (χ1n) is 6.64. The van der Waals surface area contributed by atoms with Crippen molar-refractivity contribution in [2.45, 2.75) is 25.3 Å². The standard InChI is InChI=1S/C15H17NO3/c1-16(14(17)12-8-13(12)15(18)19)11-6-9-4-2-3-5-10(9)7-11/h2-5,11-13H,6-8H2,1H3,(H,18,19)/t12-,13-/m1/s1. The lowest BCUT2D eigenvalue weighted by atomic mass is 10.1. The molecule has 1 aromatic rings. The van der Waals surface area contributed by atoms with E-state index in [1.165, 1.54) is 11.1 Å². The average molecular weight is 259 g/mol. The molecule has 0 heterocycles. The first kappa shape index (κ1) is 12.2. The summed E-state index contributed by atoms with van der Waals surface area (Å²) in [5.41, 5.74) is 2.61. The Morgan fingerprint density at radius 1 is 1.16 bits per heavy atom. The number of rotatable bonds is 3. The zero-order chi connectivity index (χ0) is 13.6. The van der Waals surface area contributed by atoms with Gasteiger partial charge >= 0.3 is 5.97 Å². The fourth-order valence-electron chi connectivity index (χ4n) is 2.99. The molecular formula is C15H17NO3. The van der Waals surface area contributed by atoms with Gasteiger partial charge in [0.25, 0.3) is 0 Å². The van der Waals surface area contributed by atoms with Crippen molar-refractivity contribution >= 4 is 11.9 Å². The van der Waals surface area contributed by atoms with Crippen LogP contribution in [0.2, 0.25) is 0 Å². The van der Waals surface area contributed by atoms with Crippen LogP contribution in [-0.2, 0) is 22.4 Å². The van der Waals surface area contributed by atoms with Gasteiger partial charge in [-0.05, 0) is 30.4 Å². The minimum absolute atomic E-state index is 0.00907. The van der Waals surface area contributed by atoms with Crippen molar-refractivity contribution in [3.05, 3.63) is 35.4 Å². The summed E-state index contributed by atoms with van der Waals surface area (Å²) in [6.07, 6.45) is 2.25. The second-order valence-electron chi connectivity index (χ2n) is 5.57. The maximum Gasteiger partial charge on any atom is 0.307 e. The van der Waals surface area contributed by atoms with E-state index in [1.54, 1.807) is 11.9 Å². The van der Waals surface area contributed by atoms with Gasteiger partial charge in [0.1, 0.15) is 0 Å². The predicted octanol–water partition coefficient (Wildman–Crippen LogP) is 1.33. The third-order valence-electron chi connectivity index (χ3n) is 4.35. The Balaban J connectivity index is 1.65. The van der Waals surface area contributed by atoms with Crippen LogP contribution < -0.4 is 0 Å². The molecule has 19 heavy (non-hydrogen) atoms. The number of carboxylic acid groups (broad SMARTS) is 1. The summed E-state index contributed by atoms with van der Waals surface area (Å²) in [7, 11) is 1.80. The van der Waals surface area contributed by atoms with Gasteiger partial charge in [-0.2, -0.15) is 0 Å². The number of likely N-dealkylation sites (N-methyl/N-ethyl adjacent to an activating group) is 1. The number of aliphatic carboxylic acids is 1. The monoisotopic (exact) mass is 259 g/mol. The maximum atomic E-state index is 12.2. The van der Waals surface area contributed by atoms with Crippen molar-refractivity contribution in [3.8, 4) is 0 Å². The number of amides is 1. The number of carbonyl (C=O) groups excluding carboxylic acids is 1. The summed E-state index contributed by atoms with van der Waals surface area (Å²) >= 11 is 0. The highest BCUT2D eigenvalue weighted by molar-refractivity contribution is 5.89. The molecule has 4 heteroatoms. The SMILES string of the molecule is CN(C(=O)[C@@H]1C[C@H]1C(=O)O)C1Cc2ccccc2C1. The lowest BCUT2D eigenvalue weighted by molar-refractivity contribution is -0.142. The molecular weight excluding hydrogens is 242 g/mol. The van der Waals surface area contributed by atoms with Crippen molar-refractivity contribution in [1.82, 2.24) is 4.90 Å². The second-order valence-corrected chi connectivity index (χ2v) is 5.57. The molecule has 0 saturated heterocycles. The van der Waals surface area contributed by atoms with Gasteiger partial charge in [0.2, 0.25) is 5.91 Å². The van der Waals surface area contributed by atoms with Gasteiger partial charge < -0.3 is 10.0 Å². The van der Waals surface area contributed by atoms with Crippen LogP contribution in [0.4, 0.5) is 0 Å². The molecule has 4 nitrogen and oxygen atoms in total. The molecule has 1 aromatic carbocycles. The Labute approximate surface area is 112 Å². The number of nitrogens with zero attached hydrogens (tertiary/aromatic N) is 1. The lowest BCUT2D eigenvalue weighted by Gasteiger charge is -2.24. The van der Waals surface area contributed by atoms with E-state index in [9.17, 15) is 9.59 Å². The molecule has 1 amide bonds. The van der Waals surface area contributed by atoms with Gasteiger partial charge in [0.05, 0.1) is 11.8 Å². The van der Waals surface area contributed by atoms with Gasteiger partial charge in [-0.15, -0.1) is 0 Å². The Bertz CT molecular complexity index is 515. The number of carboxylic acids is 1. The Morgan fingerprint density at radius 3 is 2.21 bits per heavy atom. The molecule has 0 aromatic heterocycles. The number of fused-ring (bicyclic) bond motifs is 1. The number of hydrogen-bond acceptors (Lipinski definition) is 2. The molecule has 3 rings (SSSR count). The van der Waals surface area contributed by atoms with Crippen LogP contribution in [0.1, 0.15) is 17.5 Å². The molecule has 1 N–H and O–H groups in total. The van der Waals surface area contributed by atoms with Crippen molar-refractivity contribution in [2.24, 2.45) is 11.8 Å². The quantitative estimate of drug-likeness (QED) is 0.891. The largest absolute Gasteiger partial charge is 0.481 e. The zero-order valence-corrected chi connectivity index (χ0v) is 10.9. The van der Waals surface area contributed by atoms with E-state index in [2.05, 4.69) is 12.1 Å². The Kier molecular flexibility index (Phi) is 2.81. The van der Waals surface area contributed by atoms with E-state index in [1.807, 2.05) is 12.1 Å². The molecule has 100 valence electrons. The van der Waals surface area contributed by atoms with Gasteiger partial charge in [-0.25, -0.2) is 0 Å². The van der Waals surface area contributed by atoms with E-state index < -0.39 is 11.9 Å². The number of carbonyl (C=O) groups is 2. The molecule has 0 unspecified atom stereocenters. The Morgan fingerprint density at radius 2 is 1.74 bits per heavy atom. The third kappa shape index (κ3) is 2.11. The van der Waals surface area contributed by atoms with Crippen LogP contribution >= 0.6 is 0 Å². The van der Waals surface area contributed by atoms with Gasteiger partial charge in [-0.3, -0.25) is 9.59 Å². The lowest BCUT2D eigenvalue weighted by Crippen LogP contribution is -2.39. The summed E-state index contributed by atoms with van der Waals surface area (Å²) < 4.78 is 0. The van der Waals surface area contributed by atoms with E-state index in [0.717, 1.165) is 12.8 Å². The van der Waals surface area contributed by atoms with Crippen molar-refractivity contribution in [1.29, 1.82) is 0 Å². The van der Waals surface area contributed by atoms with E-state index in [0.29, 0.717) is 6.42 Å². The molecule has 2 atom stereocenters. The van der Waals surface area contributed by atoms with E-state index in [4.69, 9.17) is 5.11 Å². The van der Waals surface area contributed by atoms with Crippen LogP contribution in [0.25, 0.3) is 0 Å². The summed E-state index contributed by atoms with van der Waals surface area (Å²) in [5, 5.41) is 8.89. The average Bonchev–Trinajstić information content (AvgIpc) is 3.09.